The van der Waals surface area contributed by atoms with Crippen molar-refractivity contribution in [3.05, 3.63) is 18.3 Å². The summed E-state index contributed by atoms with van der Waals surface area (Å²) in [4.78, 5) is 8.96. The van der Waals surface area contributed by atoms with Crippen LogP contribution in [0.25, 0.3) is 11.4 Å². The highest BCUT2D eigenvalue weighted by Crippen LogP contribution is 2.31. The van der Waals surface area contributed by atoms with E-state index in [2.05, 4.69) is 44.2 Å². The minimum atomic E-state index is -0.0379. The molecule has 2 N–H and O–H groups in total. The summed E-state index contributed by atoms with van der Waals surface area (Å²) in [5, 5.41) is 0. The Balaban J connectivity index is 2.61. The van der Waals surface area contributed by atoms with Gasteiger partial charge in [-0.25, -0.2) is 9.97 Å². The molecule has 0 saturated carbocycles. The van der Waals surface area contributed by atoms with Gasteiger partial charge in [-0.1, -0.05) is 20.8 Å². The third-order valence-corrected chi connectivity index (χ3v) is 3.28. The maximum absolute atomic E-state index is 6.22. The van der Waals surface area contributed by atoms with Crippen molar-refractivity contribution in [1.29, 1.82) is 0 Å². The Kier molecular flexibility index (Phi) is 3.16. The Morgan fingerprint density at radius 2 is 1.89 bits per heavy atom. The standard InChI is InChI=1S/C14H23N5/c1-9(2)19-8-16-7-10(19)11-12(15)18(6)13(17-11)14(3,4)5/h7-9H,15H2,1-6H3. The highest BCUT2D eigenvalue weighted by Gasteiger charge is 2.25. The van der Waals surface area contributed by atoms with E-state index < -0.39 is 0 Å². The molecule has 0 atom stereocenters. The summed E-state index contributed by atoms with van der Waals surface area (Å²) in [6.45, 7) is 10.7. The zero-order valence-electron chi connectivity index (χ0n) is 12.6. The maximum atomic E-state index is 6.22. The van der Waals surface area contributed by atoms with Crippen molar-refractivity contribution in [1.82, 2.24) is 19.1 Å². The van der Waals surface area contributed by atoms with Crippen LogP contribution in [0.15, 0.2) is 12.5 Å². The van der Waals surface area contributed by atoms with Gasteiger partial charge >= 0.3 is 0 Å². The van der Waals surface area contributed by atoms with E-state index in [1.807, 2.05) is 24.1 Å². The lowest BCUT2D eigenvalue weighted by Gasteiger charge is -2.17. The average Bonchev–Trinajstić information content (AvgIpc) is 2.84. The van der Waals surface area contributed by atoms with Gasteiger partial charge in [-0.05, 0) is 13.8 Å². The van der Waals surface area contributed by atoms with Crippen LogP contribution in [-0.4, -0.2) is 19.1 Å². The van der Waals surface area contributed by atoms with Crippen LogP contribution in [0.1, 0.15) is 46.5 Å². The fourth-order valence-corrected chi connectivity index (χ4v) is 2.27. The predicted molar refractivity (Wildman–Crippen MR) is 77.9 cm³/mol. The molecular weight excluding hydrogens is 238 g/mol. The molecule has 2 heterocycles. The Labute approximate surface area is 114 Å². The largest absolute Gasteiger partial charge is 0.383 e. The summed E-state index contributed by atoms with van der Waals surface area (Å²) in [6.07, 6.45) is 3.65. The maximum Gasteiger partial charge on any atom is 0.133 e. The number of imidazole rings is 2. The quantitative estimate of drug-likeness (QED) is 0.904. The Hall–Kier alpha value is -1.78. The molecule has 104 valence electrons. The fraction of sp³-hybridized carbons (Fsp3) is 0.571. The third-order valence-electron chi connectivity index (χ3n) is 3.28. The van der Waals surface area contributed by atoms with E-state index in [0.717, 1.165) is 17.2 Å². The summed E-state index contributed by atoms with van der Waals surface area (Å²) in [5.41, 5.74) is 7.97. The van der Waals surface area contributed by atoms with Gasteiger partial charge in [0.25, 0.3) is 0 Å². The molecule has 2 rings (SSSR count). The van der Waals surface area contributed by atoms with Gasteiger partial charge in [0.15, 0.2) is 0 Å². The lowest BCUT2D eigenvalue weighted by atomic mass is 9.96. The van der Waals surface area contributed by atoms with E-state index in [1.54, 1.807) is 0 Å². The monoisotopic (exact) mass is 261 g/mol. The molecule has 0 fully saturated rings. The van der Waals surface area contributed by atoms with Gasteiger partial charge in [-0.15, -0.1) is 0 Å². The molecule has 0 spiro atoms. The Morgan fingerprint density at radius 1 is 1.26 bits per heavy atom. The Morgan fingerprint density at radius 3 is 2.37 bits per heavy atom. The second-order valence-electron chi connectivity index (χ2n) is 6.26. The van der Waals surface area contributed by atoms with E-state index >= 15 is 0 Å². The molecule has 0 radical (unpaired) electrons. The van der Waals surface area contributed by atoms with Crippen molar-refractivity contribution in [2.24, 2.45) is 7.05 Å². The molecule has 2 aromatic heterocycles. The highest BCUT2D eigenvalue weighted by atomic mass is 15.2. The first-order valence-electron chi connectivity index (χ1n) is 6.58. The molecule has 5 nitrogen and oxygen atoms in total. The summed E-state index contributed by atoms with van der Waals surface area (Å²) < 4.78 is 4.05. The van der Waals surface area contributed by atoms with Gasteiger partial charge in [-0.3, -0.25) is 0 Å². The van der Waals surface area contributed by atoms with Crippen LogP contribution in [-0.2, 0) is 12.5 Å². The van der Waals surface area contributed by atoms with Gasteiger partial charge < -0.3 is 14.9 Å². The van der Waals surface area contributed by atoms with Gasteiger partial charge in [0.1, 0.15) is 17.3 Å². The van der Waals surface area contributed by atoms with Crippen molar-refractivity contribution >= 4 is 5.82 Å². The molecule has 5 heteroatoms. The van der Waals surface area contributed by atoms with E-state index in [-0.39, 0.29) is 5.41 Å². The minimum absolute atomic E-state index is 0.0379. The predicted octanol–water partition coefficient (Wildman–Crippen LogP) is 2.74. The van der Waals surface area contributed by atoms with Crippen LogP contribution in [0.3, 0.4) is 0 Å². The molecule has 0 saturated heterocycles. The van der Waals surface area contributed by atoms with Gasteiger partial charge in [-0.2, -0.15) is 0 Å². The second-order valence-corrected chi connectivity index (χ2v) is 6.26. The Bertz CT molecular complexity index is 583. The molecule has 0 bridgehead atoms. The average molecular weight is 261 g/mol. The van der Waals surface area contributed by atoms with Crippen LogP contribution in [0.5, 0.6) is 0 Å². The number of aromatic nitrogens is 4. The zero-order chi connectivity index (χ0) is 14.4. The molecule has 0 unspecified atom stereocenters. The van der Waals surface area contributed by atoms with E-state index in [4.69, 9.17) is 10.7 Å². The number of hydrogen-bond donors (Lipinski definition) is 1. The highest BCUT2D eigenvalue weighted by molar-refractivity contribution is 5.68. The van der Waals surface area contributed by atoms with E-state index in [0.29, 0.717) is 11.9 Å². The number of nitrogen functional groups attached to an aromatic ring is 1. The normalized spacial score (nSPS) is 12.4. The van der Waals surface area contributed by atoms with Crippen LogP contribution in [0.4, 0.5) is 5.82 Å². The topological polar surface area (TPSA) is 61.7 Å². The molecule has 0 aliphatic rings. The van der Waals surface area contributed by atoms with Crippen molar-refractivity contribution in [3.8, 4) is 11.4 Å². The van der Waals surface area contributed by atoms with Crippen LogP contribution >= 0.6 is 0 Å². The number of nitrogens with two attached hydrogens (primary N) is 1. The summed E-state index contributed by atoms with van der Waals surface area (Å²) in [5.74, 6) is 1.67. The fourth-order valence-electron chi connectivity index (χ4n) is 2.27. The third kappa shape index (κ3) is 2.25. The first kappa shape index (κ1) is 13.6. The lowest BCUT2D eigenvalue weighted by Crippen LogP contribution is -2.17. The molecule has 0 amide bonds. The molecule has 0 aliphatic heterocycles. The smallest absolute Gasteiger partial charge is 0.133 e. The van der Waals surface area contributed by atoms with Crippen molar-refractivity contribution < 1.29 is 0 Å². The summed E-state index contributed by atoms with van der Waals surface area (Å²) in [6, 6.07) is 0.331. The van der Waals surface area contributed by atoms with Crippen molar-refractivity contribution in [2.75, 3.05) is 5.73 Å². The molecule has 2 aromatic rings. The van der Waals surface area contributed by atoms with E-state index in [9.17, 15) is 0 Å². The second kappa shape index (κ2) is 4.40. The molecule has 0 aliphatic carbocycles. The SMILES string of the molecule is CC(C)n1cncc1-c1nc(C(C)(C)C)n(C)c1N. The summed E-state index contributed by atoms with van der Waals surface area (Å²) >= 11 is 0. The first-order valence-corrected chi connectivity index (χ1v) is 6.58. The number of hydrogen-bond acceptors (Lipinski definition) is 3. The number of anilines is 1. The molecule has 19 heavy (non-hydrogen) atoms. The van der Waals surface area contributed by atoms with Crippen molar-refractivity contribution in [2.45, 2.75) is 46.1 Å². The lowest BCUT2D eigenvalue weighted by molar-refractivity contribution is 0.524. The molecular formula is C14H23N5. The van der Waals surface area contributed by atoms with Crippen LogP contribution in [0, 0.1) is 0 Å². The van der Waals surface area contributed by atoms with Crippen molar-refractivity contribution in [3.63, 3.8) is 0 Å². The number of rotatable bonds is 2. The molecule has 0 aromatic carbocycles. The summed E-state index contributed by atoms with van der Waals surface area (Å²) in [7, 11) is 1.96. The van der Waals surface area contributed by atoms with Crippen LogP contribution < -0.4 is 5.73 Å². The van der Waals surface area contributed by atoms with Gasteiger partial charge in [0.2, 0.25) is 0 Å². The van der Waals surface area contributed by atoms with E-state index in [1.165, 1.54) is 0 Å². The van der Waals surface area contributed by atoms with Gasteiger partial charge in [0, 0.05) is 18.5 Å². The van der Waals surface area contributed by atoms with Gasteiger partial charge in [0.05, 0.1) is 18.2 Å². The first-order chi connectivity index (χ1) is 8.73. The minimum Gasteiger partial charge on any atom is -0.383 e. The van der Waals surface area contributed by atoms with Crippen LogP contribution in [0.2, 0.25) is 0 Å². The number of nitrogens with zero attached hydrogens (tertiary/aromatic N) is 4. The zero-order valence-corrected chi connectivity index (χ0v) is 12.6.